The Balaban J connectivity index is 0.00000338. The Kier molecular flexibility index (Phi) is 7.30. The molecule has 1 aliphatic rings. The fourth-order valence-corrected chi connectivity index (χ4v) is 4.76. The first-order chi connectivity index (χ1) is 11.6. The summed E-state index contributed by atoms with van der Waals surface area (Å²) in [5.74, 6) is -3.43. The van der Waals surface area contributed by atoms with E-state index in [9.17, 15) is 36.6 Å². The second-order valence-corrected chi connectivity index (χ2v) is 8.35. The van der Waals surface area contributed by atoms with E-state index in [1.807, 2.05) is 0 Å². The Morgan fingerprint density at radius 3 is 2.31 bits per heavy atom. The number of hydrogen-bond acceptors (Lipinski definition) is 7. The van der Waals surface area contributed by atoms with Gasteiger partial charge in [-0.05, 0) is 24.0 Å². The van der Waals surface area contributed by atoms with Gasteiger partial charge in [-0.2, -0.15) is 0 Å². The van der Waals surface area contributed by atoms with Gasteiger partial charge in [0.15, 0.2) is 0 Å². The molecule has 26 heavy (non-hydrogen) atoms. The Hall–Kier alpha value is -1.54. The Morgan fingerprint density at radius 2 is 1.81 bits per heavy atom. The van der Waals surface area contributed by atoms with Crippen molar-refractivity contribution in [3.8, 4) is 0 Å². The van der Waals surface area contributed by atoms with Crippen LogP contribution in [0.1, 0.15) is 58.4 Å². The first-order valence-electron chi connectivity index (χ1n) is 7.32. The van der Waals surface area contributed by atoms with Gasteiger partial charge in [0.25, 0.3) is 10.0 Å². The number of sulfonamides is 1. The van der Waals surface area contributed by atoms with Crippen molar-refractivity contribution in [2.45, 2.75) is 37.0 Å². The zero-order valence-electron chi connectivity index (χ0n) is 14.1. The minimum absolute atomic E-state index is 0. The summed E-state index contributed by atoms with van der Waals surface area (Å²) in [6.07, 6.45) is 1.36. The van der Waals surface area contributed by atoms with Crippen molar-refractivity contribution in [3.05, 3.63) is 22.8 Å². The SMILES string of the molecule is CC(CCCC[S-](=O)=O)c1cc(C(=O)O)c2c(C(=O)O)c1NS2(=O)=O.[Li+]. The van der Waals surface area contributed by atoms with Crippen molar-refractivity contribution in [1.29, 1.82) is 0 Å². The van der Waals surface area contributed by atoms with Gasteiger partial charge < -0.3 is 18.6 Å². The van der Waals surface area contributed by atoms with Gasteiger partial charge in [0.05, 0.1) is 11.3 Å². The zero-order valence-corrected chi connectivity index (χ0v) is 15.8. The van der Waals surface area contributed by atoms with Crippen LogP contribution in [0.2, 0.25) is 0 Å². The van der Waals surface area contributed by atoms with Crippen molar-refractivity contribution >= 4 is 38.4 Å². The quantitative estimate of drug-likeness (QED) is 0.280. The predicted octanol–water partition coefficient (Wildman–Crippen LogP) is -1.22. The minimum atomic E-state index is -4.25. The van der Waals surface area contributed by atoms with Crippen molar-refractivity contribution in [3.63, 3.8) is 0 Å². The van der Waals surface area contributed by atoms with Crippen LogP contribution >= 0.6 is 0 Å². The molecule has 12 heteroatoms. The molecule has 2 rings (SSSR count). The average molecular weight is 397 g/mol. The molecule has 1 unspecified atom stereocenters. The molecule has 0 saturated heterocycles. The largest absolute Gasteiger partial charge is 1.00 e. The molecule has 0 aliphatic carbocycles. The first kappa shape index (κ1) is 22.5. The van der Waals surface area contributed by atoms with Gasteiger partial charge in [-0.15, -0.1) is 0 Å². The molecular formula is C14H16LiNO8S2. The van der Waals surface area contributed by atoms with Gasteiger partial charge in [0.2, 0.25) is 0 Å². The van der Waals surface area contributed by atoms with Crippen LogP contribution in [0.5, 0.6) is 0 Å². The summed E-state index contributed by atoms with van der Waals surface area (Å²) in [6.45, 7) is 1.70. The third-order valence-corrected chi connectivity index (χ3v) is 6.05. The molecule has 0 saturated carbocycles. The van der Waals surface area contributed by atoms with Crippen LogP contribution in [0, 0.1) is 0 Å². The molecule has 0 amide bonds. The van der Waals surface area contributed by atoms with Crippen molar-refractivity contribution in [2.24, 2.45) is 0 Å². The van der Waals surface area contributed by atoms with Crippen LogP contribution in [0.4, 0.5) is 5.69 Å². The van der Waals surface area contributed by atoms with E-state index in [1.54, 1.807) is 6.92 Å². The first-order valence-corrected chi connectivity index (χ1v) is 10.0. The smallest absolute Gasteiger partial charge is 0.478 e. The number of benzene rings is 1. The molecule has 0 aromatic heterocycles. The summed E-state index contributed by atoms with van der Waals surface area (Å²) in [7, 11) is -6.40. The topological polar surface area (TPSA) is 155 Å². The maximum Gasteiger partial charge on any atom is 1.00 e. The van der Waals surface area contributed by atoms with E-state index in [1.165, 1.54) is 6.07 Å². The third kappa shape index (κ3) is 4.40. The number of aromatic carboxylic acids is 2. The summed E-state index contributed by atoms with van der Waals surface area (Å²) in [5.41, 5.74) is -1.01. The molecule has 2 bridgehead atoms. The minimum Gasteiger partial charge on any atom is -0.478 e. The molecule has 1 aromatic rings. The molecule has 0 fully saturated rings. The molecule has 138 valence electrons. The van der Waals surface area contributed by atoms with Crippen LogP contribution < -0.4 is 23.6 Å². The summed E-state index contributed by atoms with van der Waals surface area (Å²) >= 11 is 0. The van der Waals surface area contributed by atoms with Crippen LogP contribution in [-0.2, 0) is 29.1 Å². The molecule has 1 atom stereocenters. The van der Waals surface area contributed by atoms with E-state index < -0.39 is 48.7 Å². The second kappa shape index (κ2) is 8.43. The summed E-state index contributed by atoms with van der Waals surface area (Å²) < 4.78 is 47.5. The predicted molar refractivity (Wildman–Crippen MR) is 87.0 cm³/mol. The van der Waals surface area contributed by atoms with Gasteiger partial charge >= 0.3 is 30.8 Å². The maximum absolute atomic E-state index is 12.1. The molecular weight excluding hydrogens is 381 g/mol. The number of fused-ring (bicyclic) bond motifs is 2. The van der Waals surface area contributed by atoms with E-state index in [-0.39, 0.29) is 41.8 Å². The van der Waals surface area contributed by atoms with Gasteiger partial charge in [0.1, 0.15) is 10.5 Å². The molecule has 1 heterocycles. The second-order valence-electron chi connectivity index (χ2n) is 5.71. The number of unbranched alkanes of at least 4 members (excludes halogenated alkanes) is 1. The molecule has 0 radical (unpaired) electrons. The van der Waals surface area contributed by atoms with Crippen molar-refractivity contribution < 1.29 is 55.5 Å². The number of hydrogen-bond donors (Lipinski definition) is 3. The normalized spacial score (nSPS) is 15.2. The molecule has 1 aromatic carbocycles. The number of carboxylic acids is 2. The van der Waals surface area contributed by atoms with Crippen LogP contribution in [0.3, 0.4) is 0 Å². The number of rotatable bonds is 8. The monoisotopic (exact) mass is 397 g/mol. The Bertz CT molecular complexity index is 915. The standard InChI is InChI=1S/C14H16NO8S2.Li/c1-7(4-2-3-5-24(20)21)8-6-9(13(16)17)12-10(14(18)19)11(8)15-25(12,22)23;/h6-7,15H,2-5H2,1H3,(H,16,17)(H,18,19);/q-1;+1. The Labute approximate surface area is 164 Å². The maximum atomic E-state index is 12.1. The van der Waals surface area contributed by atoms with Crippen LogP contribution in [-0.4, -0.2) is 36.3 Å². The number of carbonyl (C=O) groups is 2. The van der Waals surface area contributed by atoms with Crippen molar-refractivity contribution in [1.82, 2.24) is 0 Å². The fourth-order valence-electron chi connectivity index (χ4n) is 2.84. The van der Waals surface area contributed by atoms with Gasteiger partial charge in [0, 0.05) is 0 Å². The Morgan fingerprint density at radius 1 is 1.19 bits per heavy atom. The summed E-state index contributed by atoms with van der Waals surface area (Å²) in [5, 5.41) is 18.6. The molecule has 9 nitrogen and oxygen atoms in total. The van der Waals surface area contributed by atoms with E-state index in [0.29, 0.717) is 19.3 Å². The summed E-state index contributed by atoms with van der Waals surface area (Å²) in [4.78, 5) is 22.2. The van der Waals surface area contributed by atoms with Gasteiger partial charge in [-0.25, -0.2) is 18.0 Å². The number of carboxylic acid groups (broad SMARTS) is 2. The third-order valence-electron chi connectivity index (χ3n) is 3.99. The van der Waals surface area contributed by atoms with Gasteiger partial charge in [-0.1, -0.05) is 36.2 Å². The van der Waals surface area contributed by atoms with E-state index in [2.05, 4.69) is 4.72 Å². The molecule has 0 spiro atoms. The van der Waals surface area contributed by atoms with E-state index in [4.69, 9.17) is 0 Å². The molecule has 3 N–H and O–H groups in total. The zero-order chi connectivity index (χ0) is 18.9. The molecule has 1 aliphatic heterocycles. The number of nitrogens with one attached hydrogen (secondary N) is 1. The van der Waals surface area contributed by atoms with E-state index >= 15 is 0 Å². The fraction of sp³-hybridized carbons (Fsp3) is 0.429. The summed E-state index contributed by atoms with van der Waals surface area (Å²) in [6, 6.07) is 1.17. The van der Waals surface area contributed by atoms with Crippen molar-refractivity contribution in [2.75, 3.05) is 10.5 Å². The van der Waals surface area contributed by atoms with Gasteiger partial charge in [-0.3, -0.25) is 4.72 Å². The van der Waals surface area contributed by atoms with Crippen LogP contribution in [0.25, 0.3) is 0 Å². The van der Waals surface area contributed by atoms with Crippen LogP contribution in [0.15, 0.2) is 11.0 Å². The number of anilines is 1. The van der Waals surface area contributed by atoms with E-state index in [0.717, 1.165) is 0 Å². The average Bonchev–Trinajstić information content (AvgIpc) is 2.69.